The molecule has 0 aliphatic rings. The van der Waals surface area contributed by atoms with Crippen molar-refractivity contribution in [1.82, 2.24) is 25.1 Å². The number of hydrogen-bond donors (Lipinski definition) is 1. The normalized spacial score (nSPS) is 12.6. The molecule has 0 aliphatic heterocycles. The average Bonchev–Trinajstić information content (AvgIpc) is 3.17. The van der Waals surface area contributed by atoms with Crippen molar-refractivity contribution in [3.63, 3.8) is 0 Å². The number of carbonyl (C=O) groups is 1. The lowest BCUT2D eigenvalue weighted by Crippen LogP contribution is -2.28. The maximum atomic E-state index is 13.0. The molecule has 0 fully saturated rings. The molecule has 0 aliphatic carbocycles. The van der Waals surface area contributed by atoms with E-state index in [1.54, 1.807) is 24.4 Å². The molecule has 1 atom stereocenters. The molecule has 158 valence electrons. The summed E-state index contributed by atoms with van der Waals surface area (Å²) >= 11 is 0. The quantitative estimate of drug-likeness (QED) is 0.606. The molecule has 1 aromatic carbocycles. The van der Waals surface area contributed by atoms with Gasteiger partial charge in [-0.3, -0.25) is 4.79 Å². The Kier molecular flexibility index (Phi) is 5.94. The van der Waals surface area contributed by atoms with Crippen molar-refractivity contribution in [3.05, 3.63) is 65.9 Å². The second-order valence-electron chi connectivity index (χ2n) is 6.05. The maximum absolute atomic E-state index is 13.0. The SMILES string of the molecule is CC(NC(=O)c1cc(OC(F)F)cc(C(F)(F)F)c1)c1ncn(-c2ccccn2)n1. The molecule has 0 radical (unpaired) electrons. The van der Waals surface area contributed by atoms with E-state index >= 15 is 0 Å². The summed E-state index contributed by atoms with van der Waals surface area (Å²) in [6, 6.07) is 6.06. The van der Waals surface area contributed by atoms with Crippen molar-refractivity contribution in [2.24, 2.45) is 0 Å². The third-order valence-electron chi connectivity index (χ3n) is 3.85. The van der Waals surface area contributed by atoms with Crippen molar-refractivity contribution in [1.29, 1.82) is 0 Å². The van der Waals surface area contributed by atoms with Gasteiger partial charge in [0.2, 0.25) is 0 Å². The number of benzene rings is 1. The van der Waals surface area contributed by atoms with Gasteiger partial charge in [-0.2, -0.15) is 22.0 Å². The lowest BCUT2D eigenvalue weighted by molar-refractivity contribution is -0.138. The summed E-state index contributed by atoms with van der Waals surface area (Å²) in [5, 5.41) is 6.59. The number of amides is 1. The van der Waals surface area contributed by atoms with Crippen LogP contribution in [0.2, 0.25) is 0 Å². The number of ether oxygens (including phenoxy) is 1. The summed E-state index contributed by atoms with van der Waals surface area (Å²) in [7, 11) is 0. The largest absolute Gasteiger partial charge is 0.435 e. The molecule has 30 heavy (non-hydrogen) atoms. The molecule has 12 heteroatoms. The number of aromatic nitrogens is 4. The Balaban J connectivity index is 1.80. The van der Waals surface area contributed by atoms with Crippen molar-refractivity contribution in [2.75, 3.05) is 0 Å². The van der Waals surface area contributed by atoms with Crippen molar-refractivity contribution < 1.29 is 31.5 Å². The first-order valence-electron chi connectivity index (χ1n) is 8.44. The Hall–Kier alpha value is -3.57. The first-order chi connectivity index (χ1) is 14.1. The topological polar surface area (TPSA) is 81.9 Å². The summed E-state index contributed by atoms with van der Waals surface area (Å²) in [6.45, 7) is -1.83. The number of carbonyl (C=O) groups excluding carboxylic acids is 1. The highest BCUT2D eigenvalue weighted by Gasteiger charge is 2.32. The zero-order chi connectivity index (χ0) is 21.9. The highest BCUT2D eigenvalue weighted by molar-refractivity contribution is 5.95. The maximum Gasteiger partial charge on any atom is 0.416 e. The van der Waals surface area contributed by atoms with E-state index in [9.17, 15) is 26.7 Å². The van der Waals surface area contributed by atoms with Gasteiger partial charge in [0.1, 0.15) is 12.1 Å². The van der Waals surface area contributed by atoms with Gasteiger partial charge in [0.05, 0.1) is 11.6 Å². The number of pyridine rings is 1. The molecule has 0 saturated heterocycles. The van der Waals surface area contributed by atoms with Crippen molar-refractivity contribution in [3.8, 4) is 11.6 Å². The Morgan fingerprint density at radius 1 is 1.17 bits per heavy atom. The highest BCUT2D eigenvalue weighted by atomic mass is 19.4. The van der Waals surface area contributed by atoms with Gasteiger partial charge in [-0.15, -0.1) is 5.10 Å². The molecular weight excluding hydrogens is 413 g/mol. The van der Waals surface area contributed by atoms with Gasteiger partial charge in [0.25, 0.3) is 5.91 Å². The minimum atomic E-state index is -4.86. The monoisotopic (exact) mass is 427 g/mol. The van der Waals surface area contributed by atoms with Crippen LogP contribution in [-0.2, 0) is 6.18 Å². The van der Waals surface area contributed by atoms with Crippen LogP contribution < -0.4 is 10.1 Å². The Bertz CT molecular complexity index is 1020. The summed E-state index contributed by atoms with van der Waals surface area (Å²) in [5.74, 6) is -1.08. The summed E-state index contributed by atoms with van der Waals surface area (Å²) in [5.41, 5.74) is -1.80. The number of nitrogens with zero attached hydrogens (tertiary/aromatic N) is 4. The predicted octanol–water partition coefficient (Wildman–Crippen LogP) is 3.77. The molecule has 1 N–H and O–H groups in total. The number of hydrogen-bond acceptors (Lipinski definition) is 5. The first kappa shape index (κ1) is 21.1. The molecule has 3 aromatic rings. The lowest BCUT2D eigenvalue weighted by atomic mass is 10.1. The molecule has 0 bridgehead atoms. The minimum absolute atomic E-state index is 0.171. The summed E-state index contributed by atoms with van der Waals surface area (Å²) < 4.78 is 69.4. The third kappa shape index (κ3) is 5.07. The second-order valence-corrected chi connectivity index (χ2v) is 6.05. The van der Waals surface area contributed by atoms with Crippen molar-refractivity contribution in [2.45, 2.75) is 25.8 Å². The fourth-order valence-electron chi connectivity index (χ4n) is 2.48. The van der Waals surface area contributed by atoms with Gasteiger partial charge >= 0.3 is 12.8 Å². The van der Waals surface area contributed by atoms with E-state index in [4.69, 9.17) is 0 Å². The standard InChI is InChI=1S/C18H14F5N5O2/c1-10(15-25-9-28(27-15)14-4-2-3-5-24-14)26-16(29)11-6-12(18(21,22)23)8-13(7-11)30-17(19)20/h2-10,17H,1H3,(H,26,29). The van der Waals surface area contributed by atoms with Crippen LogP contribution in [0.4, 0.5) is 22.0 Å². The minimum Gasteiger partial charge on any atom is -0.435 e. The average molecular weight is 427 g/mol. The summed E-state index contributed by atoms with van der Waals surface area (Å²) in [4.78, 5) is 20.6. The van der Waals surface area contributed by atoms with E-state index in [1.165, 1.54) is 17.9 Å². The van der Waals surface area contributed by atoms with Crippen LogP contribution in [0.3, 0.4) is 0 Å². The zero-order valence-electron chi connectivity index (χ0n) is 15.3. The number of rotatable bonds is 6. The second kappa shape index (κ2) is 8.43. The Labute approximate surface area is 166 Å². The van der Waals surface area contributed by atoms with E-state index in [2.05, 4.69) is 25.1 Å². The van der Waals surface area contributed by atoms with Gasteiger partial charge in [-0.1, -0.05) is 6.07 Å². The molecule has 3 rings (SSSR count). The number of alkyl halides is 5. The first-order valence-corrected chi connectivity index (χ1v) is 8.44. The van der Waals surface area contributed by atoms with E-state index < -0.39 is 41.6 Å². The fourth-order valence-corrected chi connectivity index (χ4v) is 2.48. The Morgan fingerprint density at radius 2 is 1.93 bits per heavy atom. The van der Waals surface area contributed by atoms with E-state index in [-0.39, 0.29) is 5.82 Å². The molecule has 0 saturated carbocycles. The zero-order valence-corrected chi connectivity index (χ0v) is 15.3. The molecule has 2 heterocycles. The molecule has 7 nitrogen and oxygen atoms in total. The smallest absolute Gasteiger partial charge is 0.416 e. The lowest BCUT2D eigenvalue weighted by Gasteiger charge is -2.14. The van der Waals surface area contributed by atoms with Crippen LogP contribution in [0.5, 0.6) is 5.75 Å². The van der Waals surface area contributed by atoms with Crippen LogP contribution >= 0.6 is 0 Å². The van der Waals surface area contributed by atoms with Crippen LogP contribution in [0.1, 0.15) is 34.7 Å². The molecule has 0 spiro atoms. The van der Waals surface area contributed by atoms with Gasteiger partial charge in [-0.05, 0) is 37.3 Å². The van der Waals surface area contributed by atoms with Crippen LogP contribution in [0.15, 0.2) is 48.9 Å². The van der Waals surface area contributed by atoms with Gasteiger partial charge in [0, 0.05) is 11.8 Å². The molecule has 2 aromatic heterocycles. The molecular formula is C18H14F5N5O2. The van der Waals surface area contributed by atoms with Crippen LogP contribution in [0, 0.1) is 0 Å². The van der Waals surface area contributed by atoms with Gasteiger partial charge in [0.15, 0.2) is 11.6 Å². The highest BCUT2D eigenvalue weighted by Crippen LogP contribution is 2.33. The van der Waals surface area contributed by atoms with Gasteiger partial charge < -0.3 is 10.1 Å². The van der Waals surface area contributed by atoms with Crippen molar-refractivity contribution >= 4 is 5.91 Å². The fraction of sp³-hybridized carbons (Fsp3) is 0.222. The van der Waals surface area contributed by atoms with Gasteiger partial charge in [-0.25, -0.2) is 14.6 Å². The molecule has 1 amide bonds. The van der Waals surface area contributed by atoms with E-state index in [1.807, 2.05) is 0 Å². The van der Waals surface area contributed by atoms with E-state index in [0.29, 0.717) is 18.0 Å². The molecule has 1 unspecified atom stereocenters. The predicted molar refractivity (Wildman–Crippen MR) is 93.1 cm³/mol. The number of nitrogens with one attached hydrogen (secondary N) is 1. The van der Waals surface area contributed by atoms with Crippen LogP contribution in [-0.4, -0.2) is 32.3 Å². The van der Waals surface area contributed by atoms with Crippen LogP contribution in [0.25, 0.3) is 5.82 Å². The van der Waals surface area contributed by atoms with E-state index in [0.717, 1.165) is 6.07 Å². The Morgan fingerprint density at radius 3 is 2.57 bits per heavy atom. The third-order valence-corrected chi connectivity index (χ3v) is 3.85. The number of halogens is 5. The summed E-state index contributed by atoms with van der Waals surface area (Å²) in [6.07, 6.45) is -1.95.